The van der Waals surface area contributed by atoms with Crippen LogP contribution in [0.3, 0.4) is 0 Å². The molecule has 130 valence electrons. The van der Waals surface area contributed by atoms with Crippen LogP contribution in [0.2, 0.25) is 0 Å². The highest BCUT2D eigenvalue weighted by atomic mass is 16.6. The van der Waals surface area contributed by atoms with Crippen LogP contribution in [0.25, 0.3) is 0 Å². The lowest BCUT2D eigenvalue weighted by molar-refractivity contribution is -0.135. The summed E-state index contributed by atoms with van der Waals surface area (Å²) in [6, 6.07) is -0.160. The van der Waals surface area contributed by atoms with Crippen LogP contribution in [0.1, 0.15) is 53.9 Å². The van der Waals surface area contributed by atoms with Crippen molar-refractivity contribution in [2.24, 2.45) is 17.8 Å². The molecule has 4 heteroatoms. The number of carbonyl (C=O) groups is 2. The van der Waals surface area contributed by atoms with Gasteiger partial charge in [0, 0.05) is 5.92 Å². The third-order valence-corrected chi connectivity index (χ3v) is 4.51. The number of imide groups is 1. The smallest absolute Gasteiger partial charge is 0.416 e. The quantitative estimate of drug-likeness (QED) is 0.615. The highest BCUT2D eigenvalue weighted by Crippen LogP contribution is 2.28. The third kappa shape index (κ3) is 5.22. The first-order valence-electron chi connectivity index (χ1n) is 8.53. The van der Waals surface area contributed by atoms with Gasteiger partial charge < -0.3 is 4.74 Å². The average molecular weight is 321 g/mol. The number of rotatable bonds is 8. The summed E-state index contributed by atoms with van der Waals surface area (Å²) in [7, 11) is 0. The predicted octanol–water partition coefficient (Wildman–Crippen LogP) is 4.56. The lowest BCUT2D eigenvalue weighted by Gasteiger charge is -2.29. The summed E-state index contributed by atoms with van der Waals surface area (Å²) >= 11 is 0. The van der Waals surface area contributed by atoms with E-state index in [9.17, 15) is 9.59 Å². The second kappa shape index (κ2) is 8.90. The minimum atomic E-state index is -0.501. The van der Waals surface area contributed by atoms with Crippen molar-refractivity contribution in [2.45, 2.75) is 59.9 Å². The second-order valence-corrected chi connectivity index (χ2v) is 7.06. The molecule has 0 N–H and O–H groups in total. The normalized spacial score (nSPS) is 20.2. The molecule has 0 saturated carbocycles. The van der Waals surface area contributed by atoms with Gasteiger partial charge in [-0.3, -0.25) is 4.79 Å². The third-order valence-electron chi connectivity index (χ3n) is 4.51. The van der Waals surface area contributed by atoms with Crippen molar-refractivity contribution in [1.82, 2.24) is 4.90 Å². The number of hydrogen-bond donors (Lipinski definition) is 0. The summed E-state index contributed by atoms with van der Waals surface area (Å²) in [6.07, 6.45) is 5.91. The van der Waals surface area contributed by atoms with E-state index >= 15 is 0 Å². The summed E-state index contributed by atoms with van der Waals surface area (Å²) in [5, 5.41) is 0. The van der Waals surface area contributed by atoms with Gasteiger partial charge in [0.05, 0.1) is 6.04 Å². The maximum atomic E-state index is 13.0. The van der Waals surface area contributed by atoms with Crippen LogP contribution in [-0.4, -0.2) is 29.5 Å². The van der Waals surface area contributed by atoms with Crippen molar-refractivity contribution in [2.75, 3.05) is 6.61 Å². The zero-order chi connectivity index (χ0) is 17.6. The van der Waals surface area contributed by atoms with E-state index in [0.717, 1.165) is 12.8 Å². The van der Waals surface area contributed by atoms with Crippen LogP contribution in [-0.2, 0) is 9.53 Å². The molecule has 0 aromatic carbocycles. The van der Waals surface area contributed by atoms with Crippen LogP contribution in [0, 0.1) is 17.8 Å². The Morgan fingerprint density at radius 1 is 1.39 bits per heavy atom. The van der Waals surface area contributed by atoms with E-state index in [-0.39, 0.29) is 29.7 Å². The van der Waals surface area contributed by atoms with Gasteiger partial charge in [0.2, 0.25) is 5.91 Å². The Morgan fingerprint density at radius 3 is 2.57 bits per heavy atom. The van der Waals surface area contributed by atoms with Gasteiger partial charge in [-0.1, -0.05) is 38.5 Å². The van der Waals surface area contributed by atoms with Gasteiger partial charge in [0.25, 0.3) is 0 Å². The van der Waals surface area contributed by atoms with Crippen molar-refractivity contribution in [1.29, 1.82) is 0 Å². The monoisotopic (exact) mass is 321 g/mol. The maximum Gasteiger partial charge on any atom is 0.416 e. The van der Waals surface area contributed by atoms with E-state index < -0.39 is 6.09 Å². The number of amides is 2. The Hall–Kier alpha value is -1.58. The summed E-state index contributed by atoms with van der Waals surface area (Å²) in [5.74, 6) is 0.0498. The number of hydrogen-bond acceptors (Lipinski definition) is 3. The second-order valence-electron chi connectivity index (χ2n) is 7.06. The Labute approximate surface area is 140 Å². The number of carbonyl (C=O) groups excluding carboxylic acids is 2. The van der Waals surface area contributed by atoms with E-state index in [0.29, 0.717) is 13.0 Å². The fourth-order valence-corrected chi connectivity index (χ4v) is 2.95. The largest absolute Gasteiger partial charge is 0.447 e. The molecule has 1 fully saturated rings. The molecular weight excluding hydrogens is 290 g/mol. The van der Waals surface area contributed by atoms with E-state index in [1.165, 1.54) is 10.5 Å². The van der Waals surface area contributed by atoms with Gasteiger partial charge in [0.15, 0.2) is 0 Å². The molecular formula is C19H31NO3. The van der Waals surface area contributed by atoms with E-state index in [4.69, 9.17) is 4.74 Å². The van der Waals surface area contributed by atoms with Crippen molar-refractivity contribution >= 4 is 12.0 Å². The Morgan fingerprint density at radius 2 is 2.04 bits per heavy atom. The molecule has 0 aromatic heterocycles. The van der Waals surface area contributed by atoms with Gasteiger partial charge in [-0.15, -0.1) is 6.58 Å². The Kier molecular flexibility index (Phi) is 7.53. The summed E-state index contributed by atoms with van der Waals surface area (Å²) in [6.45, 7) is 14.3. The molecule has 0 unspecified atom stereocenters. The van der Waals surface area contributed by atoms with Crippen LogP contribution < -0.4 is 0 Å². The van der Waals surface area contributed by atoms with Gasteiger partial charge in [-0.05, 0) is 44.9 Å². The fourth-order valence-electron chi connectivity index (χ4n) is 2.95. The van der Waals surface area contributed by atoms with Gasteiger partial charge in [-0.2, -0.15) is 0 Å². The number of nitrogens with zero attached hydrogens (tertiary/aromatic N) is 1. The number of allylic oxidation sites excluding steroid dienone is 3. The molecule has 0 aromatic rings. The first-order chi connectivity index (χ1) is 10.8. The molecule has 0 radical (unpaired) electrons. The lowest BCUT2D eigenvalue weighted by atomic mass is 9.85. The van der Waals surface area contributed by atoms with Crippen LogP contribution >= 0.6 is 0 Å². The van der Waals surface area contributed by atoms with Gasteiger partial charge in [-0.25, -0.2) is 9.69 Å². The molecule has 3 atom stereocenters. The lowest BCUT2D eigenvalue weighted by Crippen LogP contribution is -2.46. The zero-order valence-electron chi connectivity index (χ0n) is 15.2. The molecule has 4 nitrogen and oxygen atoms in total. The molecule has 0 aliphatic carbocycles. The number of cyclic esters (lactones) is 1. The molecule has 0 bridgehead atoms. The van der Waals surface area contributed by atoms with E-state index in [2.05, 4.69) is 33.4 Å². The summed E-state index contributed by atoms with van der Waals surface area (Å²) < 4.78 is 5.11. The highest BCUT2D eigenvalue weighted by molar-refractivity contribution is 5.95. The van der Waals surface area contributed by atoms with Crippen molar-refractivity contribution < 1.29 is 14.3 Å². The first kappa shape index (κ1) is 19.5. The maximum absolute atomic E-state index is 13.0. The topological polar surface area (TPSA) is 46.6 Å². The minimum absolute atomic E-state index is 0.115. The average Bonchev–Trinajstić information content (AvgIpc) is 2.85. The van der Waals surface area contributed by atoms with Crippen LogP contribution in [0.5, 0.6) is 0 Å². The van der Waals surface area contributed by atoms with Gasteiger partial charge >= 0.3 is 6.09 Å². The summed E-state index contributed by atoms with van der Waals surface area (Å²) in [4.78, 5) is 26.3. The molecule has 0 spiro atoms. The molecule has 2 amide bonds. The highest BCUT2D eigenvalue weighted by Gasteiger charge is 2.42. The van der Waals surface area contributed by atoms with Crippen LogP contribution in [0.4, 0.5) is 4.79 Å². The minimum Gasteiger partial charge on any atom is -0.447 e. The van der Waals surface area contributed by atoms with E-state index in [1.807, 2.05) is 13.8 Å². The van der Waals surface area contributed by atoms with Crippen molar-refractivity contribution in [3.63, 3.8) is 0 Å². The molecule has 1 aliphatic rings. The molecule has 1 rings (SSSR count). The molecule has 1 aliphatic heterocycles. The zero-order valence-corrected chi connectivity index (χ0v) is 15.2. The number of ether oxygens (including phenoxy) is 1. The summed E-state index contributed by atoms with van der Waals surface area (Å²) in [5.41, 5.74) is 1.28. The van der Waals surface area contributed by atoms with Crippen molar-refractivity contribution in [3.8, 4) is 0 Å². The molecule has 23 heavy (non-hydrogen) atoms. The Balaban J connectivity index is 2.86. The SMILES string of the molecule is C=CC[C@H](C(=O)N1C(=O)OC[C@@H]1C(C)C)[C@@H](C)CCC=C(C)C. The van der Waals surface area contributed by atoms with Gasteiger partial charge in [0.1, 0.15) is 6.61 Å². The van der Waals surface area contributed by atoms with Crippen LogP contribution in [0.15, 0.2) is 24.3 Å². The standard InChI is InChI=1S/C19H31NO3/c1-7-9-16(15(6)11-8-10-13(2)3)18(21)20-17(14(4)5)12-23-19(20)22/h7,10,14-17H,1,8-9,11-12H2,2-6H3/t15-,16-,17+/m0/s1. The van der Waals surface area contributed by atoms with Crippen molar-refractivity contribution in [3.05, 3.63) is 24.3 Å². The molecule has 1 saturated heterocycles. The first-order valence-corrected chi connectivity index (χ1v) is 8.53. The fraction of sp³-hybridized carbons (Fsp3) is 0.684. The Bertz CT molecular complexity index is 463. The predicted molar refractivity (Wildman–Crippen MR) is 93.0 cm³/mol. The molecule has 1 heterocycles. The van der Waals surface area contributed by atoms with E-state index in [1.54, 1.807) is 6.08 Å².